The van der Waals surface area contributed by atoms with Crippen LogP contribution >= 0.6 is 24.0 Å². The summed E-state index contributed by atoms with van der Waals surface area (Å²) >= 11 is 0. The van der Waals surface area contributed by atoms with Crippen molar-refractivity contribution < 1.29 is 9.13 Å². The zero-order valence-corrected chi connectivity index (χ0v) is 19.6. The van der Waals surface area contributed by atoms with Crippen molar-refractivity contribution in [1.82, 2.24) is 20.4 Å². The van der Waals surface area contributed by atoms with E-state index in [1.165, 1.54) is 51.3 Å². The van der Waals surface area contributed by atoms with E-state index in [1.54, 1.807) is 19.2 Å². The van der Waals surface area contributed by atoms with Gasteiger partial charge in [-0.1, -0.05) is 6.07 Å². The van der Waals surface area contributed by atoms with Crippen LogP contribution in [0, 0.1) is 5.82 Å². The molecule has 2 rings (SSSR count). The molecule has 0 aromatic heterocycles. The number of unbranched alkanes of at least 4 members (excludes halogenated alkanes) is 1. The molecule has 6 nitrogen and oxygen atoms in total. The molecule has 160 valence electrons. The van der Waals surface area contributed by atoms with E-state index in [4.69, 9.17) is 4.74 Å². The van der Waals surface area contributed by atoms with Crippen LogP contribution in [0.4, 0.5) is 4.39 Å². The number of nitrogens with one attached hydrogen (secondary N) is 2. The number of hydrogen-bond acceptors (Lipinski definition) is 4. The molecule has 2 N–H and O–H groups in total. The van der Waals surface area contributed by atoms with E-state index < -0.39 is 0 Å². The average Bonchev–Trinajstić information content (AvgIpc) is 2.65. The van der Waals surface area contributed by atoms with Gasteiger partial charge in [0.05, 0.1) is 6.54 Å². The number of likely N-dealkylation sites (N-methyl/N-ethyl adjacent to an activating group) is 1. The van der Waals surface area contributed by atoms with Gasteiger partial charge in [-0.15, -0.1) is 24.0 Å². The topological polar surface area (TPSA) is 52.1 Å². The molecule has 28 heavy (non-hydrogen) atoms. The molecule has 1 atom stereocenters. The fourth-order valence-electron chi connectivity index (χ4n) is 3.01. The maximum atomic E-state index is 13.2. The summed E-state index contributed by atoms with van der Waals surface area (Å²) in [7, 11) is 3.95. The lowest BCUT2D eigenvalue weighted by Gasteiger charge is -2.32. The Hall–Kier alpha value is -1.13. The molecule has 1 aromatic rings. The standard InChI is InChI=1S/C20H34FN5O.HI/c1-17(27-19-8-6-7-18(21)15-19)16-24-20(22-2)23-9-4-5-10-26-13-11-25(3)12-14-26;/h6-8,15,17H,4-5,9-14,16H2,1-3H3,(H2,22,23,24);1H. The summed E-state index contributed by atoms with van der Waals surface area (Å²) in [4.78, 5) is 9.16. The van der Waals surface area contributed by atoms with Crippen LogP contribution in [0.15, 0.2) is 29.3 Å². The number of benzene rings is 1. The van der Waals surface area contributed by atoms with Crippen molar-refractivity contribution in [1.29, 1.82) is 0 Å². The number of aliphatic imine (C=N–C) groups is 1. The number of piperazine rings is 1. The fourth-order valence-corrected chi connectivity index (χ4v) is 3.01. The highest BCUT2D eigenvalue weighted by atomic mass is 127. The van der Waals surface area contributed by atoms with Crippen LogP contribution in [0.25, 0.3) is 0 Å². The summed E-state index contributed by atoms with van der Waals surface area (Å²) in [5.74, 6) is 1.02. The van der Waals surface area contributed by atoms with E-state index in [1.807, 2.05) is 6.92 Å². The zero-order chi connectivity index (χ0) is 19.5. The van der Waals surface area contributed by atoms with Gasteiger partial charge in [0.25, 0.3) is 0 Å². The molecule has 1 fully saturated rings. The van der Waals surface area contributed by atoms with Gasteiger partial charge in [-0.2, -0.15) is 0 Å². The molecule has 1 heterocycles. The molecule has 1 saturated heterocycles. The second-order valence-corrected chi connectivity index (χ2v) is 7.12. The van der Waals surface area contributed by atoms with Gasteiger partial charge in [0.1, 0.15) is 17.7 Å². The summed E-state index contributed by atoms with van der Waals surface area (Å²) in [5, 5.41) is 6.59. The molecular weight excluding hydrogens is 472 g/mol. The molecule has 1 aromatic carbocycles. The lowest BCUT2D eigenvalue weighted by molar-refractivity contribution is 0.152. The Morgan fingerprint density at radius 1 is 1.21 bits per heavy atom. The number of guanidine groups is 1. The number of halogens is 2. The van der Waals surface area contributed by atoms with E-state index in [9.17, 15) is 4.39 Å². The third kappa shape index (κ3) is 9.88. The van der Waals surface area contributed by atoms with Gasteiger partial charge in [0, 0.05) is 45.8 Å². The molecular formula is C20H35FIN5O. The third-order valence-electron chi connectivity index (χ3n) is 4.70. The lowest BCUT2D eigenvalue weighted by atomic mass is 10.2. The van der Waals surface area contributed by atoms with Crippen molar-refractivity contribution in [3.8, 4) is 5.75 Å². The summed E-state index contributed by atoms with van der Waals surface area (Å²) < 4.78 is 18.9. The summed E-state index contributed by atoms with van der Waals surface area (Å²) in [6.45, 7) is 9.30. The lowest BCUT2D eigenvalue weighted by Crippen LogP contribution is -2.45. The van der Waals surface area contributed by atoms with Crippen molar-refractivity contribution in [2.75, 3.05) is 59.9 Å². The predicted molar refractivity (Wildman–Crippen MR) is 124 cm³/mol. The fraction of sp³-hybridized carbons (Fsp3) is 0.650. The first kappa shape index (κ1) is 24.9. The quantitative estimate of drug-likeness (QED) is 0.233. The van der Waals surface area contributed by atoms with Crippen LogP contribution in [-0.2, 0) is 0 Å². The molecule has 0 amide bonds. The van der Waals surface area contributed by atoms with Crippen LogP contribution < -0.4 is 15.4 Å². The average molecular weight is 507 g/mol. The molecule has 0 radical (unpaired) electrons. The Labute approximate surface area is 185 Å². The highest BCUT2D eigenvalue weighted by Gasteiger charge is 2.12. The Bertz CT molecular complexity index is 581. The Morgan fingerprint density at radius 2 is 1.96 bits per heavy atom. The van der Waals surface area contributed by atoms with Crippen LogP contribution in [0.2, 0.25) is 0 Å². The molecule has 0 bridgehead atoms. The summed E-state index contributed by atoms with van der Waals surface area (Å²) in [6, 6.07) is 6.20. The maximum Gasteiger partial charge on any atom is 0.191 e. The van der Waals surface area contributed by atoms with Gasteiger partial charge in [-0.05, 0) is 45.5 Å². The maximum absolute atomic E-state index is 13.2. The van der Waals surface area contributed by atoms with Gasteiger partial charge < -0.3 is 25.2 Å². The minimum absolute atomic E-state index is 0. The minimum atomic E-state index is -0.290. The smallest absolute Gasteiger partial charge is 0.191 e. The SMILES string of the molecule is CN=C(NCCCCN1CCN(C)CC1)NCC(C)Oc1cccc(F)c1.I. The van der Waals surface area contributed by atoms with E-state index in [0.29, 0.717) is 12.3 Å². The van der Waals surface area contributed by atoms with Crippen LogP contribution in [-0.4, -0.2) is 81.8 Å². The molecule has 8 heteroatoms. The Kier molecular flexibility index (Phi) is 12.4. The number of ether oxygens (including phenoxy) is 1. The number of nitrogens with zero attached hydrogens (tertiary/aromatic N) is 3. The number of rotatable bonds is 9. The van der Waals surface area contributed by atoms with E-state index in [-0.39, 0.29) is 35.9 Å². The minimum Gasteiger partial charge on any atom is -0.489 e. The Balaban J connectivity index is 0.00000392. The first-order valence-electron chi connectivity index (χ1n) is 9.84. The van der Waals surface area contributed by atoms with Crippen molar-refractivity contribution >= 4 is 29.9 Å². The van der Waals surface area contributed by atoms with Crippen LogP contribution in [0.5, 0.6) is 5.75 Å². The summed E-state index contributed by atoms with van der Waals surface area (Å²) in [5.41, 5.74) is 0. The normalized spacial score (nSPS) is 16.9. The van der Waals surface area contributed by atoms with Gasteiger partial charge in [0.2, 0.25) is 0 Å². The van der Waals surface area contributed by atoms with Crippen molar-refractivity contribution in [2.24, 2.45) is 4.99 Å². The van der Waals surface area contributed by atoms with Gasteiger partial charge in [-0.25, -0.2) is 4.39 Å². The molecule has 0 spiro atoms. The number of hydrogen-bond donors (Lipinski definition) is 2. The second-order valence-electron chi connectivity index (χ2n) is 7.12. The van der Waals surface area contributed by atoms with E-state index in [2.05, 4.69) is 32.5 Å². The van der Waals surface area contributed by atoms with Gasteiger partial charge in [-0.3, -0.25) is 4.99 Å². The monoisotopic (exact) mass is 507 g/mol. The largest absolute Gasteiger partial charge is 0.489 e. The highest BCUT2D eigenvalue weighted by molar-refractivity contribution is 14.0. The molecule has 1 aliphatic rings. The van der Waals surface area contributed by atoms with E-state index in [0.717, 1.165) is 18.9 Å². The molecule has 0 aliphatic carbocycles. The highest BCUT2D eigenvalue weighted by Crippen LogP contribution is 2.13. The first-order valence-corrected chi connectivity index (χ1v) is 9.84. The van der Waals surface area contributed by atoms with Crippen LogP contribution in [0.1, 0.15) is 19.8 Å². The predicted octanol–water partition coefficient (Wildman–Crippen LogP) is 2.40. The summed E-state index contributed by atoms with van der Waals surface area (Å²) in [6.07, 6.45) is 2.21. The van der Waals surface area contributed by atoms with Crippen molar-refractivity contribution in [3.05, 3.63) is 30.1 Å². The van der Waals surface area contributed by atoms with Crippen LogP contribution in [0.3, 0.4) is 0 Å². The van der Waals surface area contributed by atoms with E-state index >= 15 is 0 Å². The Morgan fingerprint density at radius 3 is 2.64 bits per heavy atom. The second kappa shape index (κ2) is 13.9. The molecule has 1 unspecified atom stereocenters. The molecule has 0 saturated carbocycles. The van der Waals surface area contributed by atoms with Gasteiger partial charge in [0.15, 0.2) is 5.96 Å². The third-order valence-corrected chi connectivity index (χ3v) is 4.70. The zero-order valence-electron chi connectivity index (χ0n) is 17.3. The van der Waals surface area contributed by atoms with Crippen molar-refractivity contribution in [3.63, 3.8) is 0 Å². The van der Waals surface area contributed by atoms with Crippen molar-refractivity contribution in [2.45, 2.75) is 25.9 Å². The first-order chi connectivity index (χ1) is 13.1. The van der Waals surface area contributed by atoms with Gasteiger partial charge >= 0.3 is 0 Å². The molecule has 1 aliphatic heterocycles.